The summed E-state index contributed by atoms with van der Waals surface area (Å²) in [5.41, 5.74) is 0.843. The SMILES string of the molecule is CC(O)c1csc(C2CCCCC2)n1. The topological polar surface area (TPSA) is 33.1 Å². The molecule has 0 saturated heterocycles. The highest BCUT2D eigenvalue weighted by molar-refractivity contribution is 7.09. The van der Waals surface area contributed by atoms with Crippen molar-refractivity contribution in [3.8, 4) is 0 Å². The lowest BCUT2D eigenvalue weighted by Crippen LogP contribution is -2.04. The highest BCUT2D eigenvalue weighted by Crippen LogP contribution is 2.34. The summed E-state index contributed by atoms with van der Waals surface area (Å²) >= 11 is 1.71. The molecule has 0 amide bonds. The minimum atomic E-state index is -0.413. The Balaban J connectivity index is 2.07. The van der Waals surface area contributed by atoms with Crippen LogP contribution in [-0.4, -0.2) is 10.1 Å². The first kappa shape index (κ1) is 10.1. The summed E-state index contributed by atoms with van der Waals surface area (Å²) in [5.74, 6) is 0.668. The molecule has 1 atom stereocenters. The predicted octanol–water partition coefficient (Wildman–Crippen LogP) is 3.24. The molecule has 0 aliphatic heterocycles. The minimum Gasteiger partial charge on any atom is -0.387 e. The molecule has 1 fully saturated rings. The summed E-state index contributed by atoms with van der Waals surface area (Å²) in [6.07, 6.45) is 6.22. The Hall–Kier alpha value is -0.410. The maximum atomic E-state index is 9.38. The van der Waals surface area contributed by atoms with Crippen LogP contribution in [0.1, 0.15) is 61.8 Å². The zero-order valence-electron chi connectivity index (χ0n) is 8.57. The predicted molar refractivity (Wildman–Crippen MR) is 58.6 cm³/mol. The van der Waals surface area contributed by atoms with Crippen LogP contribution >= 0.6 is 11.3 Å². The number of aliphatic hydroxyl groups is 1. The van der Waals surface area contributed by atoms with Gasteiger partial charge in [-0.3, -0.25) is 0 Å². The average Bonchev–Trinajstić information content (AvgIpc) is 2.68. The number of hydrogen-bond acceptors (Lipinski definition) is 3. The molecule has 3 heteroatoms. The fourth-order valence-electron chi connectivity index (χ4n) is 2.03. The van der Waals surface area contributed by atoms with Gasteiger partial charge in [0.25, 0.3) is 0 Å². The van der Waals surface area contributed by atoms with Crippen LogP contribution in [0.4, 0.5) is 0 Å². The maximum absolute atomic E-state index is 9.38. The highest BCUT2D eigenvalue weighted by atomic mass is 32.1. The summed E-state index contributed by atoms with van der Waals surface area (Å²) in [4.78, 5) is 4.50. The molecule has 0 spiro atoms. The number of nitrogens with zero attached hydrogens (tertiary/aromatic N) is 1. The molecule has 78 valence electrons. The fourth-order valence-corrected chi connectivity index (χ4v) is 3.11. The summed E-state index contributed by atoms with van der Waals surface area (Å²) in [5, 5.41) is 12.6. The second-order valence-corrected chi connectivity index (χ2v) is 5.01. The molecule has 2 nitrogen and oxygen atoms in total. The van der Waals surface area contributed by atoms with Crippen LogP contribution in [0.2, 0.25) is 0 Å². The molecule has 0 aromatic carbocycles. The van der Waals surface area contributed by atoms with E-state index in [0.29, 0.717) is 5.92 Å². The van der Waals surface area contributed by atoms with Gasteiger partial charge in [-0.1, -0.05) is 19.3 Å². The number of aliphatic hydroxyl groups excluding tert-OH is 1. The lowest BCUT2D eigenvalue weighted by Gasteiger charge is -2.18. The van der Waals surface area contributed by atoms with Crippen molar-refractivity contribution in [3.05, 3.63) is 16.1 Å². The lowest BCUT2D eigenvalue weighted by atomic mass is 9.90. The van der Waals surface area contributed by atoms with Crippen molar-refractivity contribution >= 4 is 11.3 Å². The molecule has 2 rings (SSSR count). The van der Waals surface area contributed by atoms with Crippen molar-refractivity contribution in [2.24, 2.45) is 0 Å². The summed E-state index contributed by atoms with van der Waals surface area (Å²) in [6, 6.07) is 0. The van der Waals surface area contributed by atoms with E-state index in [1.54, 1.807) is 18.3 Å². The Morgan fingerprint density at radius 3 is 2.71 bits per heavy atom. The fraction of sp³-hybridized carbons (Fsp3) is 0.727. The zero-order valence-corrected chi connectivity index (χ0v) is 9.39. The van der Waals surface area contributed by atoms with Crippen LogP contribution in [0.15, 0.2) is 5.38 Å². The largest absolute Gasteiger partial charge is 0.387 e. The number of hydrogen-bond donors (Lipinski definition) is 1. The third-order valence-electron chi connectivity index (χ3n) is 2.92. The van der Waals surface area contributed by atoms with Gasteiger partial charge in [0.05, 0.1) is 16.8 Å². The third kappa shape index (κ3) is 2.15. The molecule has 1 saturated carbocycles. The van der Waals surface area contributed by atoms with Gasteiger partial charge in [-0.15, -0.1) is 11.3 Å². The van der Waals surface area contributed by atoms with Crippen LogP contribution in [0, 0.1) is 0 Å². The molecule has 1 aliphatic carbocycles. The van der Waals surface area contributed by atoms with Gasteiger partial charge in [-0.05, 0) is 19.8 Å². The molecule has 0 bridgehead atoms. The standard InChI is InChI=1S/C11H17NOS/c1-8(13)10-7-14-11(12-10)9-5-3-2-4-6-9/h7-9,13H,2-6H2,1H3. The molecule has 1 N–H and O–H groups in total. The van der Waals surface area contributed by atoms with Gasteiger partial charge in [-0.2, -0.15) is 0 Å². The second kappa shape index (κ2) is 4.41. The van der Waals surface area contributed by atoms with Crippen LogP contribution in [0.3, 0.4) is 0 Å². The Labute approximate surface area is 89.0 Å². The summed E-state index contributed by atoms with van der Waals surface area (Å²) < 4.78 is 0. The van der Waals surface area contributed by atoms with E-state index < -0.39 is 6.10 Å². The Morgan fingerprint density at radius 2 is 2.14 bits per heavy atom. The summed E-state index contributed by atoms with van der Waals surface area (Å²) in [6.45, 7) is 1.78. The van der Waals surface area contributed by atoms with Crippen molar-refractivity contribution in [2.45, 2.75) is 51.0 Å². The van der Waals surface area contributed by atoms with E-state index in [1.165, 1.54) is 37.1 Å². The monoisotopic (exact) mass is 211 g/mol. The molecule has 1 aliphatic rings. The van der Waals surface area contributed by atoms with Crippen molar-refractivity contribution < 1.29 is 5.11 Å². The van der Waals surface area contributed by atoms with Crippen molar-refractivity contribution in [3.63, 3.8) is 0 Å². The van der Waals surface area contributed by atoms with Crippen LogP contribution in [0.5, 0.6) is 0 Å². The first-order valence-corrected chi connectivity index (χ1v) is 6.28. The lowest BCUT2D eigenvalue weighted by molar-refractivity contribution is 0.194. The number of rotatable bonds is 2. The van der Waals surface area contributed by atoms with Gasteiger partial charge in [0, 0.05) is 11.3 Å². The molecular formula is C11H17NOS. The summed E-state index contributed by atoms with van der Waals surface area (Å²) in [7, 11) is 0. The third-order valence-corrected chi connectivity index (χ3v) is 3.95. The first-order chi connectivity index (χ1) is 6.77. The average molecular weight is 211 g/mol. The van der Waals surface area contributed by atoms with Crippen LogP contribution in [0.25, 0.3) is 0 Å². The number of thiazole rings is 1. The van der Waals surface area contributed by atoms with Gasteiger partial charge in [0.2, 0.25) is 0 Å². The van der Waals surface area contributed by atoms with E-state index in [1.807, 2.05) is 5.38 Å². The van der Waals surface area contributed by atoms with Crippen LogP contribution < -0.4 is 0 Å². The maximum Gasteiger partial charge on any atom is 0.0960 e. The van der Waals surface area contributed by atoms with Crippen molar-refractivity contribution in [1.29, 1.82) is 0 Å². The van der Waals surface area contributed by atoms with Crippen LogP contribution in [-0.2, 0) is 0 Å². The van der Waals surface area contributed by atoms with Gasteiger partial charge < -0.3 is 5.11 Å². The quantitative estimate of drug-likeness (QED) is 0.814. The van der Waals surface area contributed by atoms with E-state index in [-0.39, 0.29) is 0 Å². The highest BCUT2D eigenvalue weighted by Gasteiger charge is 2.19. The van der Waals surface area contributed by atoms with E-state index in [9.17, 15) is 5.11 Å². The smallest absolute Gasteiger partial charge is 0.0960 e. The molecule has 0 radical (unpaired) electrons. The van der Waals surface area contributed by atoms with Gasteiger partial charge >= 0.3 is 0 Å². The second-order valence-electron chi connectivity index (χ2n) is 4.12. The van der Waals surface area contributed by atoms with E-state index in [4.69, 9.17) is 0 Å². The molecule has 1 aromatic rings. The Bertz CT molecular complexity index is 289. The normalized spacial score (nSPS) is 21.0. The Kier molecular flexibility index (Phi) is 3.19. The molecule has 1 unspecified atom stereocenters. The van der Waals surface area contributed by atoms with Gasteiger partial charge in [-0.25, -0.2) is 4.98 Å². The minimum absolute atomic E-state index is 0.413. The van der Waals surface area contributed by atoms with Crippen molar-refractivity contribution in [2.75, 3.05) is 0 Å². The van der Waals surface area contributed by atoms with E-state index >= 15 is 0 Å². The van der Waals surface area contributed by atoms with E-state index in [0.717, 1.165) is 5.69 Å². The van der Waals surface area contributed by atoms with Crippen molar-refractivity contribution in [1.82, 2.24) is 4.98 Å². The molecular weight excluding hydrogens is 194 g/mol. The van der Waals surface area contributed by atoms with Gasteiger partial charge in [0.15, 0.2) is 0 Å². The van der Waals surface area contributed by atoms with Gasteiger partial charge in [0.1, 0.15) is 0 Å². The van der Waals surface area contributed by atoms with E-state index in [2.05, 4.69) is 4.98 Å². The molecule has 14 heavy (non-hydrogen) atoms. The zero-order chi connectivity index (χ0) is 9.97. The Morgan fingerprint density at radius 1 is 1.43 bits per heavy atom. The number of aromatic nitrogens is 1. The first-order valence-electron chi connectivity index (χ1n) is 5.41. The molecule has 1 aromatic heterocycles. The molecule has 1 heterocycles.